The molecule has 0 saturated carbocycles. The fourth-order valence-electron chi connectivity index (χ4n) is 1.71. The maximum atomic E-state index is 9.31. The number of methoxy groups -OCH3 is 1. The highest BCUT2D eigenvalue weighted by Crippen LogP contribution is 2.30. The number of halogens is 1. The molecule has 2 aromatic rings. The summed E-state index contributed by atoms with van der Waals surface area (Å²) in [5.74, 6) is 1.46. The summed E-state index contributed by atoms with van der Waals surface area (Å²) < 4.78 is 10.8. The van der Waals surface area contributed by atoms with Crippen LogP contribution in [-0.4, -0.2) is 12.2 Å². The van der Waals surface area contributed by atoms with E-state index in [0.29, 0.717) is 33.4 Å². The summed E-state index contributed by atoms with van der Waals surface area (Å²) in [7, 11) is 1.52. The normalized spacial score (nSPS) is 9.90. The Morgan fingerprint density at radius 3 is 2.60 bits per heavy atom. The molecule has 2 aromatic carbocycles. The van der Waals surface area contributed by atoms with Crippen LogP contribution in [0.5, 0.6) is 17.2 Å². The van der Waals surface area contributed by atoms with Gasteiger partial charge in [0.15, 0.2) is 0 Å². The fourth-order valence-corrected chi connectivity index (χ4v) is 1.91. The highest BCUT2D eigenvalue weighted by Gasteiger charge is 2.08. The molecule has 20 heavy (non-hydrogen) atoms. The van der Waals surface area contributed by atoms with E-state index in [9.17, 15) is 5.11 Å². The van der Waals surface area contributed by atoms with Gasteiger partial charge in [0.25, 0.3) is 0 Å². The Labute approximate surface area is 121 Å². The molecule has 0 unspecified atom stereocenters. The summed E-state index contributed by atoms with van der Waals surface area (Å²) in [6, 6.07) is 11.9. The monoisotopic (exact) mass is 289 g/mol. The number of nitriles is 1. The predicted octanol–water partition coefficient (Wildman–Crippen LogP) is 3.50. The molecule has 0 saturated heterocycles. The SMILES string of the molecule is COc1cc(C#N)cc(Oc2ccc(Cl)cc2CO)c1. The molecule has 0 bridgehead atoms. The molecule has 0 spiro atoms. The lowest BCUT2D eigenvalue weighted by Crippen LogP contribution is -1.93. The molecular formula is C15H12ClNO3. The van der Waals surface area contributed by atoms with Gasteiger partial charge in [0.05, 0.1) is 25.3 Å². The first-order valence-corrected chi connectivity index (χ1v) is 6.20. The van der Waals surface area contributed by atoms with Gasteiger partial charge in [-0.1, -0.05) is 11.6 Å². The van der Waals surface area contributed by atoms with E-state index < -0.39 is 0 Å². The maximum Gasteiger partial charge on any atom is 0.133 e. The van der Waals surface area contributed by atoms with Crippen molar-refractivity contribution in [2.24, 2.45) is 0 Å². The van der Waals surface area contributed by atoms with Crippen LogP contribution in [0.4, 0.5) is 0 Å². The van der Waals surface area contributed by atoms with Gasteiger partial charge in [0.1, 0.15) is 17.2 Å². The largest absolute Gasteiger partial charge is 0.497 e. The van der Waals surface area contributed by atoms with Crippen LogP contribution in [0, 0.1) is 11.3 Å². The first-order chi connectivity index (χ1) is 9.66. The van der Waals surface area contributed by atoms with Gasteiger partial charge in [-0.15, -0.1) is 0 Å². The van der Waals surface area contributed by atoms with E-state index in [0.717, 1.165) is 0 Å². The number of rotatable bonds is 4. The van der Waals surface area contributed by atoms with E-state index >= 15 is 0 Å². The Morgan fingerprint density at radius 2 is 1.95 bits per heavy atom. The van der Waals surface area contributed by atoms with Crippen molar-refractivity contribution in [1.82, 2.24) is 0 Å². The smallest absolute Gasteiger partial charge is 0.133 e. The molecule has 2 rings (SSSR count). The summed E-state index contributed by atoms with van der Waals surface area (Å²) in [5.41, 5.74) is 0.998. The zero-order valence-electron chi connectivity index (χ0n) is 10.8. The standard InChI is InChI=1S/C15H12ClNO3/c1-19-13-4-10(8-17)5-14(7-13)20-15-3-2-12(16)6-11(15)9-18/h2-7,18H,9H2,1H3. The second-order valence-electron chi connectivity index (χ2n) is 4.02. The van der Waals surface area contributed by atoms with E-state index in [-0.39, 0.29) is 6.61 Å². The number of ether oxygens (including phenoxy) is 2. The Kier molecular flexibility index (Phi) is 4.46. The van der Waals surface area contributed by atoms with Gasteiger partial charge < -0.3 is 14.6 Å². The topological polar surface area (TPSA) is 62.5 Å². The molecule has 1 N–H and O–H groups in total. The van der Waals surface area contributed by atoms with Crippen molar-refractivity contribution in [2.45, 2.75) is 6.61 Å². The maximum absolute atomic E-state index is 9.31. The second-order valence-corrected chi connectivity index (χ2v) is 4.46. The van der Waals surface area contributed by atoms with Gasteiger partial charge in [0.2, 0.25) is 0 Å². The van der Waals surface area contributed by atoms with Gasteiger partial charge in [-0.05, 0) is 30.3 Å². The zero-order chi connectivity index (χ0) is 14.5. The van der Waals surface area contributed by atoms with Crippen LogP contribution >= 0.6 is 11.6 Å². The highest BCUT2D eigenvalue weighted by molar-refractivity contribution is 6.30. The first-order valence-electron chi connectivity index (χ1n) is 5.82. The average Bonchev–Trinajstić information content (AvgIpc) is 2.48. The van der Waals surface area contributed by atoms with Crippen molar-refractivity contribution in [3.63, 3.8) is 0 Å². The third kappa shape index (κ3) is 3.21. The second kappa shape index (κ2) is 6.29. The lowest BCUT2D eigenvalue weighted by atomic mass is 10.2. The van der Waals surface area contributed by atoms with Crippen LogP contribution in [0.3, 0.4) is 0 Å². The van der Waals surface area contributed by atoms with E-state index in [1.54, 1.807) is 36.4 Å². The van der Waals surface area contributed by atoms with Crippen LogP contribution in [0.2, 0.25) is 5.02 Å². The summed E-state index contributed by atoms with van der Waals surface area (Å²) in [4.78, 5) is 0. The molecule has 0 amide bonds. The van der Waals surface area contributed by atoms with Crippen molar-refractivity contribution in [3.8, 4) is 23.3 Å². The molecule has 0 aliphatic carbocycles. The van der Waals surface area contributed by atoms with Crippen LogP contribution in [-0.2, 0) is 6.61 Å². The van der Waals surface area contributed by atoms with E-state index in [4.69, 9.17) is 26.3 Å². The Morgan fingerprint density at radius 1 is 1.20 bits per heavy atom. The molecule has 0 fully saturated rings. The van der Waals surface area contributed by atoms with Gasteiger partial charge in [-0.3, -0.25) is 0 Å². The molecule has 0 heterocycles. The Hall–Kier alpha value is -2.22. The van der Waals surface area contributed by atoms with Gasteiger partial charge >= 0.3 is 0 Å². The summed E-state index contributed by atoms with van der Waals surface area (Å²) in [6.45, 7) is -0.190. The lowest BCUT2D eigenvalue weighted by Gasteiger charge is -2.11. The minimum Gasteiger partial charge on any atom is -0.497 e. The molecular weight excluding hydrogens is 278 g/mol. The number of hydrogen-bond acceptors (Lipinski definition) is 4. The van der Waals surface area contributed by atoms with E-state index in [1.165, 1.54) is 7.11 Å². The minimum atomic E-state index is -0.190. The Balaban J connectivity index is 2.37. The molecule has 0 aromatic heterocycles. The Bertz CT molecular complexity index is 665. The fraction of sp³-hybridized carbons (Fsp3) is 0.133. The number of hydrogen-bond donors (Lipinski definition) is 1. The van der Waals surface area contributed by atoms with E-state index in [2.05, 4.69) is 0 Å². The molecule has 0 aliphatic rings. The van der Waals surface area contributed by atoms with E-state index in [1.807, 2.05) is 6.07 Å². The molecule has 102 valence electrons. The van der Waals surface area contributed by atoms with Crippen molar-refractivity contribution >= 4 is 11.6 Å². The van der Waals surface area contributed by atoms with Crippen molar-refractivity contribution in [1.29, 1.82) is 5.26 Å². The lowest BCUT2D eigenvalue weighted by molar-refractivity contribution is 0.276. The van der Waals surface area contributed by atoms with Gasteiger partial charge in [0, 0.05) is 16.7 Å². The van der Waals surface area contributed by atoms with Crippen LogP contribution in [0.25, 0.3) is 0 Å². The first kappa shape index (κ1) is 14.2. The number of aliphatic hydroxyl groups excluding tert-OH is 1. The average molecular weight is 290 g/mol. The molecule has 0 radical (unpaired) electrons. The van der Waals surface area contributed by atoms with Crippen molar-refractivity contribution < 1.29 is 14.6 Å². The molecule has 4 nitrogen and oxygen atoms in total. The van der Waals surface area contributed by atoms with Gasteiger partial charge in [-0.25, -0.2) is 0 Å². The van der Waals surface area contributed by atoms with Gasteiger partial charge in [-0.2, -0.15) is 5.26 Å². The van der Waals surface area contributed by atoms with Crippen molar-refractivity contribution in [3.05, 3.63) is 52.5 Å². The molecule has 0 atom stereocenters. The highest BCUT2D eigenvalue weighted by atomic mass is 35.5. The minimum absolute atomic E-state index is 0.190. The number of benzene rings is 2. The molecule has 5 heteroatoms. The predicted molar refractivity (Wildman–Crippen MR) is 75.2 cm³/mol. The molecule has 0 aliphatic heterocycles. The number of nitrogens with zero attached hydrogens (tertiary/aromatic N) is 1. The van der Waals surface area contributed by atoms with Crippen LogP contribution in [0.15, 0.2) is 36.4 Å². The number of aliphatic hydroxyl groups is 1. The summed E-state index contributed by atoms with van der Waals surface area (Å²) in [6.07, 6.45) is 0. The third-order valence-electron chi connectivity index (χ3n) is 2.67. The van der Waals surface area contributed by atoms with Crippen LogP contribution < -0.4 is 9.47 Å². The zero-order valence-corrected chi connectivity index (χ0v) is 11.5. The third-order valence-corrected chi connectivity index (χ3v) is 2.90. The quantitative estimate of drug-likeness (QED) is 0.935. The van der Waals surface area contributed by atoms with Crippen LogP contribution in [0.1, 0.15) is 11.1 Å². The van der Waals surface area contributed by atoms with Crippen molar-refractivity contribution in [2.75, 3.05) is 7.11 Å². The summed E-state index contributed by atoms with van der Waals surface area (Å²) >= 11 is 5.86. The summed E-state index contributed by atoms with van der Waals surface area (Å²) in [5, 5.41) is 18.8.